The highest BCUT2D eigenvalue weighted by atomic mass is 16.6. The number of hydrogen-bond acceptors (Lipinski definition) is 5. The SMILES string of the molecule is C#Cc1ccccc1C(C(=O)NC(C)CCC)N(CC#N)C(=O)C(Cc1ccccc1)NC(=O)OC(C)(C)C. The molecular weight excluding hydrogens is 492 g/mol. The van der Waals surface area contributed by atoms with Crippen LogP contribution in [0.3, 0.4) is 0 Å². The van der Waals surface area contributed by atoms with Gasteiger partial charge in [0.15, 0.2) is 0 Å². The highest BCUT2D eigenvalue weighted by molar-refractivity contribution is 5.93. The Labute approximate surface area is 231 Å². The van der Waals surface area contributed by atoms with Crippen LogP contribution in [-0.2, 0) is 20.7 Å². The molecule has 2 N–H and O–H groups in total. The van der Waals surface area contributed by atoms with Crippen molar-refractivity contribution in [1.82, 2.24) is 15.5 Å². The number of benzene rings is 2. The molecule has 0 aliphatic rings. The van der Waals surface area contributed by atoms with E-state index in [1.165, 1.54) is 4.90 Å². The number of carbonyl (C=O) groups is 3. The lowest BCUT2D eigenvalue weighted by molar-refractivity contribution is -0.142. The Kier molecular flexibility index (Phi) is 11.6. The number of nitrogens with one attached hydrogen (secondary N) is 2. The number of terminal acetylenes is 1. The summed E-state index contributed by atoms with van der Waals surface area (Å²) in [6.07, 6.45) is 6.68. The van der Waals surface area contributed by atoms with Crippen LogP contribution in [0.4, 0.5) is 4.79 Å². The van der Waals surface area contributed by atoms with E-state index in [2.05, 4.69) is 16.6 Å². The first-order valence-electron chi connectivity index (χ1n) is 13.1. The number of carbonyl (C=O) groups excluding carboxylic acids is 3. The maximum Gasteiger partial charge on any atom is 0.408 e. The fourth-order valence-corrected chi connectivity index (χ4v) is 4.22. The van der Waals surface area contributed by atoms with Crippen molar-refractivity contribution in [3.63, 3.8) is 0 Å². The standard InChI is InChI=1S/C31H38N4O4/c1-7-14-22(3)33-28(36)27(25-18-13-12-17-24(25)8-2)35(20-19-32)29(37)26(21-23-15-10-9-11-16-23)34-30(38)39-31(4,5)6/h2,9-13,15-18,22,26-27H,7,14,20-21H2,1,3-6H3,(H,33,36)(H,34,38). The fourth-order valence-electron chi connectivity index (χ4n) is 4.22. The largest absolute Gasteiger partial charge is 0.444 e. The first-order valence-corrected chi connectivity index (χ1v) is 13.1. The summed E-state index contributed by atoms with van der Waals surface area (Å²) in [7, 11) is 0. The molecule has 3 atom stereocenters. The second-order valence-electron chi connectivity index (χ2n) is 10.3. The summed E-state index contributed by atoms with van der Waals surface area (Å²) in [5.41, 5.74) is 0.836. The van der Waals surface area contributed by atoms with Gasteiger partial charge in [-0.1, -0.05) is 67.8 Å². The Morgan fingerprint density at radius 1 is 1.05 bits per heavy atom. The minimum absolute atomic E-state index is 0.123. The van der Waals surface area contributed by atoms with Crippen LogP contribution in [-0.4, -0.2) is 47.0 Å². The van der Waals surface area contributed by atoms with Crippen molar-refractivity contribution in [3.05, 3.63) is 71.3 Å². The van der Waals surface area contributed by atoms with E-state index in [4.69, 9.17) is 11.2 Å². The molecule has 0 saturated heterocycles. The summed E-state index contributed by atoms with van der Waals surface area (Å²) < 4.78 is 5.41. The van der Waals surface area contributed by atoms with Crippen LogP contribution in [0.5, 0.6) is 0 Å². The van der Waals surface area contributed by atoms with Gasteiger partial charge in [-0.2, -0.15) is 5.26 Å². The summed E-state index contributed by atoms with van der Waals surface area (Å²) in [6, 6.07) is 15.5. The van der Waals surface area contributed by atoms with Gasteiger partial charge < -0.3 is 20.3 Å². The molecule has 2 aromatic rings. The zero-order valence-corrected chi connectivity index (χ0v) is 23.4. The molecule has 0 saturated carbocycles. The highest BCUT2D eigenvalue weighted by Gasteiger charge is 2.37. The van der Waals surface area contributed by atoms with Gasteiger partial charge in [0.1, 0.15) is 24.2 Å². The van der Waals surface area contributed by atoms with Crippen molar-refractivity contribution in [2.75, 3.05) is 6.54 Å². The highest BCUT2D eigenvalue weighted by Crippen LogP contribution is 2.26. The second-order valence-corrected chi connectivity index (χ2v) is 10.3. The first-order chi connectivity index (χ1) is 18.5. The second kappa shape index (κ2) is 14.6. The predicted octanol–water partition coefficient (Wildman–Crippen LogP) is 4.50. The summed E-state index contributed by atoms with van der Waals surface area (Å²) in [5, 5.41) is 15.4. The van der Waals surface area contributed by atoms with Crippen molar-refractivity contribution in [1.29, 1.82) is 5.26 Å². The monoisotopic (exact) mass is 530 g/mol. The Morgan fingerprint density at radius 2 is 1.69 bits per heavy atom. The van der Waals surface area contributed by atoms with Crippen molar-refractivity contribution in [2.45, 2.75) is 77.6 Å². The van der Waals surface area contributed by atoms with Gasteiger partial charge in [0.25, 0.3) is 0 Å². The normalized spacial score (nSPS) is 13.1. The summed E-state index contributed by atoms with van der Waals surface area (Å²) in [4.78, 5) is 41.8. The van der Waals surface area contributed by atoms with E-state index in [1.807, 2.05) is 50.2 Å². The first kappa shape index (κ1) is 30.9. The lowest BCUT2D eigenvalue weighted by Crippen LogP contribution is -2.54. The maximum absolute atomic E-state index is 14.1. The zero-order chi connectivity index (χ0) is 29.0. The van der Waals surface area contributed by atoms with Crippen LogP contribution < -0.4 is 10.6 Å². The molecule has 8 heteroatoms. The Bertz CT molecular complexity index is 1210. The van der Waals surface area contributed by atoms with E-state index in [1.54, 1.807) is 45.0 Å². The zero-order valence-electron chi connectivity index (χ0n) is 23.4. The van der Waals surface area contributed by atoms with Gasteiger partial charge in [-0.05, 0) is 51.3 Å². The number of alkyl carbamates (subject to hydrolysis) is 1. The summed E-state index contributed by atoms with van der Waals surface area (Å²) in [6.45, 7) is 8.64. The minimum Gasteiger partial charge on any atom is -0.444 e. The predicted molar refractivity (Wildman–Crippen MR) is 150 cm³/mol. The Hall–Kier alpha value is -4.30. The molecule has 0 aromatic heterocycles. The van der Waals surface area contributed by atoms with Crippen molar-refractivity contribution >= 4 is 17.9 Å². The van der Waals surface area contributed by atoms with Crippen molar-refractivity contribution < 1.29 is 19.1 Å². The fraction of sp³-hybridized carbons (Fsp3) is 0.419. The minimum atomic E-state index is -1.19. The van der Waals surface area contributed by atoms with E-state index in [9.17, 15) is 19.6 Å². The molecule has 0 radical (unpaired) electrons. The number of hydrogen-bond donors (Lipinski definition) is 2. The number of rotatable bonds is 11. The lowest BCUT2D eigenvalue weighted by Gasteiger charge is -2.34. The Morgan fingerprint density at radius 3 is 2.28 bits per heavy atom. The van der Waals surface area contributed by atoms with E-state index < -0.39 is 42.1 Å². The third kappa shape index (κ3) is 9.50. The molecule has 8 nitrogen and oxygen atoms in total. The van der Waals surface area contributed by atoms with Crippen LogP contribution >= 0.6 is 0 Å². The molecule has 0 aliphatic heterocycles. The average Bonchev–Trinajstić information content (AvgIpc) is 2.87. The molecule has 39 heavy (non-hydrogen) atoms. The van der Waals surface area contributed by atoms with Gasteiger partial charge in [-0.25, -0.2) is 4.79 Å². The van der Waals surface area contributed by atoms with Gasteiger partial charge >= 0.3 is 6.09 Å². The van der Waals surface area contributed by atoms with Crippen LogP contribution in [0, 0.1) is 23.7 Å². The molecule has 2 aromatic carbocycles. The summed E-state index contributed by atoms with van der Waals surface area (Å²) in [5.74, 6) is 1.51. The third-order valence-corrected chi connectivity index (χ3v) is 5.88. The third-order valence-electron chi connectivity index (χ3n) is 5.88. The molecule has 0 bridgehead atoms. The molecule has 2 rings (SSSR count). The molecule has 206 valence electrons. The number of nitrogens with zero attached hydrogens (tertiary/aromatic N) is 2. The van der Waals surface area contributed by atoms with Crippen LogP contribution in [0.1, 0.15) is 70.2 Å². The van der Waals surface area contributed by atoms with Crippen molar-refractivity contribution in [3.8, 4) is 18.4 Å². The molecule has 0 fully saturated rings. The quantitative estimate of drug-likeness (QED) is 0.328. The van der Waals surface area contributed by atoms with E-state index in [0.717, 1.165) is 18.4 Å². The molecule has 0 aliphatic carbocycles. The number of nitriles is 1. The van der Waals surface area contributed by atoms with Gasteiger partial charge in [-0.3, -0.25) is 9.59 Å². The van der Waals surface area contributed by atoms with Gasteiger partial charge in [0.2, 0.25) is 11.8 Å². The smallest absolute Gasteiger partial charge is 0.408 e. The van der Waals surface area contributed by atoms with E-state index in [-0.39, 0.29) is 12.5 Å². The molecule has 0 heterocycles. The van der Waals surface area contributed by atoms with Crippen LogP contribution in [0.2, 0.25) is 0 Å². The van der Waals surface area contributed by atoms with Crippen LogP contribution in [0.15, 0.2) is 54.6 Å². The molecule has 0 spiro atoms. The van der Waals surface area contributed by atoms with Gasteiger partial charge in [0, 0.05) is 18.0 Å². The lowest BCUT2D eigenvalue weighted by atomic mass is 9.96. The van der Waals surface area contributed by atoms with E-state index in [0.29, 0.717) is 11.1 Å². The summed E-state index contributed by atoms with van der Waals surface area (Å²) >= 11 is 0. The maximum atomic E-state index is 14.1. The number of ether oxygens (including phenoxy) is 1. The van der Waals surface area contributed by atoms with Crippen molar-refractivity contribution in [2.24, 2.45) is 0 Å². The number of amides is 3. The van der Waals surface area contributed by atoms with Gasteiger partial charge in [-0.15, -0.1) is 6.42 Å². The van der Waals surface area contributed by atoms with E-state index >= 15 is 0 Å². The molecule has 3 unspecified atom stereocenters. The molecule has 3 amide bonds. The molecular formula is C31H38N4O4. The Balaban J connectivity index is 2.58. The van der Waals surface area contributed by atoms with Crippen LogP contribution in [0.25, 0.3) is 0 Å². The topological polar surface area (TPSA) is 112 Å². The average molecular weight is 531 g/mol. The van der Waals surface area contributed by atoms with Gasteiger partial charge in [0.05, 0.1) is 6.07 Å².